The van der Waals surface area contributed by atoms with Gasteiger partial charge in [-0.1, -0.05) is 24.9 Å². The van der Waals surface area contributed by atoms with E-state index in [1.54, 1.807) is 24.3 Å². The zero-order valence-electron chi connectivity index (χ0n) is 16.9. The predicted molar refractivity (Wildman–Crippen MR) is 122 cm³/mol. The number of anilines is 3. The Morgan fingerprint density at radius 3 is 2.30 bits per heavy atom. The number of amides is 3. The van der Waals surface area contributed by atoms with Gasteiger partial charge in [0.1, 0.15) is 11.9 Å². The van der Waals surface area contributed by atoms with Crippen LogP contribution < -0.4 is 20.9 Å². The van der Waals surface area contributed by atoms with Crippen LogP contribution in [0.25, 0.3) is 0 Å². The lowest BCUT2D eigenvalue weighted by Crippen LogP contribution is -2.45. The van der Waals surface area contributed by atoms with Gasteiger partial charge in [-0.05, 0) is 61.4 Å². The van der Waals surface area contributed by atoms with Gasteiger partial charge in [0.25, 0.3) is 0 Å². The summed E-state index contributed by atoms with van der Waals surface area (Å²) in [5, 5.41) is 16.9. The molecule has 8 heteroatoms. The van der Waals surface area contributed by atoms with Crippen LogP contribution in [-0.4, -0.2) is 30.4 Å². The lowest BCUT2D eigenvalue weighted by Gasteiger charge is -2.20. The number of rotatable bonds is 7. The van der Waals surface area contributed by atoms with Gasteiger partial charge in [-0.3, -0.25) is 10.2 Å². The molecule has 0 saturated carbocycles. The molecule has 0 aliphatic carbocycles. The van der Waals surface area contributed by atoms with Crippen molar-refractivity contribution in [3.05, 3.63) is 53.6 Å². The number of nitrogens with one attached hydrogen (secondary N) is 4. The van der Waals surface area contributed by atoms with E-state index >= 15 is 0 Å². The van der Waals surface area contributed by atoms with E-state index in [9.17, 15) is 9.59 Å². The van der Waals surface area contributed by atoms with Crippen LogP contribution in [0.15, 0.2) is 48.5 Å². The fraction of sp³-hybridized carbons (Fsp3) is 0.318. The van der Waals surface area contributed by atoms with Crippen LogP contribution in [0.4, 0.5) is 21.9 Å². The molecular formula is C22H26ClN5O2. The Bertz CT molecular complexity index is 899. The van der Waals surface area contributed by atoms with Gasteiger partial charge in [0.15, 0.2) is 0 Å². The number of amidine groups is 1. The number of nitrogens with zero attached hydrogens (tertiary/aromatic N) is 1. The van der Waals surface area contributed by atoms with E-state index in [4.69, 9.17) is 17.0 Å². The molecule has 0 radical (unpaired) electrons. The highest BCUT2D eigenvalue weighted by Gasteiger charge is 2.21. The zero-order chi connectivity index (χ0) is 21.5. The number of urea groups is 1. The molecule has 1 atom stereocenters. The van der Waals surface area contributed by atoms with Crippen molar-refractivity contribution in [3.8, 4) is 0 Å². The van der Waals surface area contributed by atoms with Crippen LogP contribution in [0.5, 0.6) is 0 Å². The highest BCUT2D eigenvalue weighted by molar-refractivity contribution is 6.30. The number of hydrogen-bond donors (Lipinski definition) is 4. The van der Waals surface area contributed by atoms with Gasteiger partial charge >= 0.3 is 6.03 Å². The number of carbonyl (C=O) groups excluding carboxylic acids is 2. The topological polar surface area (TPSA) is 97.3 Å². The Balaban J connectivity index is 1.58. The van der Waals surface area contributed by atoms with E-state index < -0.39 is 12.1 Å². The minimum absolute atomic E-state index is 0.273. The molecule has 4 N–H and O–H groups in total. The van der Waals surface area contributed by atoms with Crippen LogP contribution in [0.1, 0.15) is 32.6 Å². The van der Waals surface area contributed by atoms with Gasteiger partial charge in [0, 0.05) is 35.1 Å². The third kappa shape index (κ3) is 5.73. The van der Waals surface area contributed by atoms with Crippen molar-refractivity contribution in [1.82, 2.24) is 5.32 Å². The molecule has 3 rings (SSSR count). The highest BCUT2D eigenvalue weighted by Crippen LogP contribution is 2.23. The summed E-state index contributed by atoms with van der Waals surface area (Å²) in [7, 11) is 0. The zero-order valence-corrected chi connectivity index (χ0v) is 17.6. The summed E-state index contributed by atoms with van der Waals surface area (Å²) in [5.74, 6) is 0.343. The van der Waals surface area contributed by atoms with Crippen LogP contribution in [-0.2, 0) is 4.79 Å². The molecule has 1 aliphatic rings. The average molecular weight is 428 g/mol. The smallest absolute Gasteiger partial charge is 0.319 e. The summed E-state index contributed by atoms with van der Waals surface area (Å²) in [5.41, 5.74) is 2.19. The second kappa shape index (κ2) is 10.1. The molecule has 1 fully saturated rings. The third-order valence-electron chi connectivity index (χ3n) is 4.87. The Hall–Kier alpha value is -3.06. The minimum Gasteiger partial charge on any atom is -0.330 e. The Kier molecular flexibility index (Phi) is 7.30. The summed E-state index contributed by atoms with van der Waals surface area (Å²) < 4.78 is 0. The van der Waals surface area contributed by atoms with Crippen molar-refractivity contribution in [3.63, 3.8) is 0 Å². The first-order chi connectivity index (χ1) is 14.5. The molecular weight excluding hydrogens is 402 g/mol. The summed E-state index contributed by atoms with van der Waals surface area (Å²) in [6.07, 6.45) is 3.04. The largest absolute Gasteiger partial charge is 0.330 e. The number of benzene rings is 2. The lowest BCUT2D eigenvalue weighted by atomic mass is 10.1. The summed E-state index contributed by atoms with van der Waals surface area (Å²) in [6, 6.07) is 13.1. The molecule has 158 valence electrons. The number of carbonyl (C=O) groups is 2. The second-order valence-electron chi connectivity index (χ2n) is 7.18. The Morgan fingerprint density at radius 1 is 1.07 bits per heavy atom. The maximum atomic E-state index is 12.7. The quantitative estimate of drug-likeness (QED) is 0.508. The molecule has 0 bridgehead atoms. The van der Waals surface area contributed by atoms with Gasteiger partial charge in [-0.15, -0.1) is 0 Å². The SMILES string of the molecule is CCC[C@@H](NC(=O)Nc1ccc(Cl)cc1)C(=O)Nc1ccc(N2CCCC2=N)cc1. The van der Waals surface area contributed by atoms with Crippen molar-refractivity contribution in [1.29, 1.82) is 5.41 Å². The molecule has 1 saturated heterocycles. The molecule has 30 heavy (non-hydrogen) atoms. The molecule has 3 amide bonds. The van der Waals surface area contributed by atoms with E-state index in [2.05, 4.69) is 16.0 Å². The Morgan fingerprint density at radius 2 is 1.70 bits per heavy atom. The first-order valence-corrected chi connectivity index (χ1v) is 10.4. The van der Waals surface area contributed by atoms with Crippen molar-refractivity contribution in [2.45, 2.75) is 38.6 Å². The molecule has 1 heterocycles. The standard InChI is InChI=1S/C22H26ClN5O2/c1-2-4-19(27-22(30)26-17-8-6-15(23)7-9-17)21(29)25-16-10-12-18(13-11-16)28-14-3-5-20(28)24/h6-13,19,24H,2-5,14H2,1H3,(H,25,29)(H2,26,27,30)/t19-/m1/s1. The fourth-order valence-electron chi connectivity index (χ4n) is 3.33. The van der Waals surface area contributed by atoms with Gasteiger partial charge in [0.05, 0.1) is 0 Å². The van der Waals surface area contributed by atoms with Crippen molar-refractivity contribution in [2.75, 3.05) is 22.1 Å². The van der Waals surface area contributed by atoms with Crippen LogP contribution in [0.3, 0.4) is 0 Å². The predicted octanol–water partition coefficient (Wildman–Crippen LogP) is 4.85. The van der Waals surface area contributed by atoms with E-state index in [-0.39, 0.29) is 5.91 Å². The molecule has 0 aromatic heterocycles. The summed E-state index contributed by atoms with van der Waals surface area (Å²) >= 11 is 5.85. The normalized spacial score (nSPS) is 14.3. The number of hydrogen-bond acceptors (Lipinski definition) is 3. The molecule has 2 aromatic carbocycles. The first kappa shape index (κ1) is 21.6. The second-order valence-corrected chi connectivity index (χ2v) is 7.62. The average Bonchev–Trinajstić information content (AvgIpc) is 3.16. The van der Waals surface area contributed by atoms with Crippen LogP contribution in [0, 0.1) is 5.41 Å². The van der Waals surface area contributed by atoms with Gasteiger partial charge in [-0.2, -0.15) is 0 Å². The first-order valence-electron chi connectivity index (χ1n) is 10.0. The van der Waals surface area contributed by atoms with Gasteiger partial charge in [-0.25, -0.2) is 4.79 Å². The van der Waals surface area contributed by atoms with Crippen molar-refractivity contribution < 1.29 is 9.59 Å². The van der Waals surface area contributed by atoms with Gasteiger partial charge < -0.3 is 20.9 Å². The maximum Gasteiger partial charge on any atom is 0.319 e. The molecule has 0 spiro atoms. The summed E-state index contributed by atoms with van der Waals surface area (Å²) in [6.45, 7) is 2.80. The monoisotopic (exact) mass is 427 g/mol. The summed E-state index contributed by atoms with van der Waals surface area (Å²) in [4.78, 5) is 27.0. The molecule has 1 aliphatic heterocycles. The number of halogens is 1. The fourth-order valence-corrected chi connectivity index (χ4v) is 3.46. The lowest BCUT2D eigenvalue weighted by molar-refractivity contribution is -0.118. The molecule has 2 aromatic rings. The molecule has 7 nitrogen and oxygen atoms in total. The van der Waals surface area contributed by atoms with E-state index in [1.165, 1.54) is 0 Å². The Labute approximate surface area is 181 Å². The van der Waals surface area contributed by atoms with Crippen LogP contribution in [0.2, 0.25) is 5.02 Å². The molecule has 0 unspecified atom stereocenters. The van der Waals surface area contributed by atoms with E-state index in [1.807, 2.05) is 36.1 Å². The third-order valence-corrected chi connectivity index (χ3v) is 5.12. The van der Waals surface area contributed by atoms with Crippen molar-refractivity contribution >= 4 is 46.4 Å². The highest BCUT2D eigenvalue weighted by atomic mass is 35.5. The van der Waals surface area contributed by atoms with Gasteiger partial charge in [0.2, 0.25) is 5.91 Å². The van der Waals surface area contributed by atoms with E-state index in [0.29, 0.717) is 28.7 Å². The maximum absolute atomic E-state index is 12.7. The van der Waals surface area contributed by atoms with Crippen molar-refractivity contribution in [2.24, 2.45) is 0 Å². The minimum atomic E-state index is -0.659. The van der Waals surface area contributed by atoms with E-state index in [0.717, 1.165) is 31.5 Å². The van der Waals surface area contributed by atoms with Crippen LogP contribution >= 0.6 is 11.6 Å².